The third-order valence-corrected chi connectivity index (χ3v) is 5.35. The van der Waals surface area contributed by atoms with Gasteiger partial charge in [0.05, 0.1) is 0 Å². The fourth-order valence-corrected chi connectivity index (χ4v) is 4.27. The number of nitrogens with two attached hydrogens (primary N) is 1. The molecule has 2 saturated carbocycles. The number of fused-ring (bicyclic) bond motifs is 2. The highest BCUT2D eigenvalue weighted by atomic mass is 35.5. The van der Waals surface area contributed by atoms with Crippen molar-refractivity contribution >= 4 is 11.6 Å². The summed E-state index contributed by atoms with van der Waals surface area (Å²) < 4.78 is 0. The van der Waals surface area contributed by atoms with Crippen LogP contribution in [-0.2, 0) is 6.42 Å². The number of hydrogen-bond donors (Lipinski definition) is 2. The summed E-state index contributed by atoms with van der Waals surface area (Å²) >= 11 is 5.92. The first-order valence-corrected chi connectivity index (χ1v) is 7.83. The van der Waals surface area contributed by atoms with Gasteiger partial charge in [-0.25, -0.2) is 0 Å². The van der Waals surface area contributed by atoms with Crippen molar-refractivity contribution in [3.8, 4) is 0 Å². The van der Waals surface area contributed by atoms with Crippen LogP contribution in [0.4, 0.5) is 0 Å². The van der Waals surface area contributed by atoms with E-state index >= 15 is 0 Å². The summed E-state index contributed by atoms with van der Waals surface area (Å²) in [4.78, 5) is 0. The quantitative estimate of drug-likeness (QED) is 0.639. The summed E-state index contributed by atoms with van der Waals surface area (Å²) in [6, 6.07) is 8.52. The predicted molar refractivity (Wildman–Crippen MR) is 79.8 cm³/mol. The Morgan fingerprint density at radius 3 is 2.58 bits per heavy atom. The lowest BCUT2D eigenvalue weighted by Gasteiger charge is -2.26. The Morgan fingerprint density at radius 1 is 1.21 bits per heavy atom. The van der Waals surface area contributed by atoms with Crippen LogP contribution in [0.2, 0.25) is 5.02 Å². The van der Waals surface area contributed by atoms with Crippen molar-refractivity contribution in [1.29, 1.82) is 0 Å². The minimum atomic E-state index is 0.394. The molecule has 0 radical (unpaired) electrons. The van der Waals surface area contributed by atoms with Crippen molar-refractivity contribution in [1.82, 2.24) is 5.43 Å². The lowest BCUT2D eigenvalue weighted by atomic mass is 9.83. The molecule has 1 aromatic rings. The molecule has 1 aromatic carbocycles. The van der Waals surface area contributed by atoms with Gasteiger partial charge >= 0.3 is 0 Å². The van der Waals surface area contributed by atoms with E-state index in [1.54, 1.807) is 0 Å². The summed E-state index contributed by atoms with van der Waals surface area (Å²) in [6.07, 6.45) is 8.06. The Hall–Kier alpha value is -0.570. The molecule has 0 aromatic heterocycles. The average molecular weight is 279 g/mol. The van der Waals surface area contributed by atoms with E-state index in [9.17, 15) is 0 Å². The number of halogens is 1. The highest BCUT2D eigenvalue weighted by Crippen LogP contribution is 2.49. The molecule has 2 aliphatic carbocycles. The SMILES string of the molecule is NNC(Cc1ccc(Cl)cc1)CC1CC2CCC1C2. The third kappa shape index (κ3) is 3.13. The van der Waals surface area contributed by atoms with Crippen LogP contribution in [0.15, 0.2) is 24.3 Å². The van der Waals surface area contributed by atoms with E-state index in [4.69, 9.17) is 17.4 Å². The number of hydrogen-bond acceptors (Lipinski definition) is 2. The van der Waals surface area contributed by atoms with Gasteiger partial charge in [0.25, 0.3) is 0 Å². The second-order valence-electron chi connectivity index (χ2n) is 6.36. The Morgan fingerprint density at radius 2 is 2.00 bits per heavy atom. The number of benzene rings is 1. The highest BCUT2D eigenvalue weighted by Gasteiger charge is 2.39. The monoisotopic (exact) mass is 278 g/mol. The normalized spacial score (nSPS) is 30.7. The lowest BCUT2D eigenvalue weighted by Crippen LogP contribution is -2.39. The smallest absolute Gasteiger partial charge is 0.0406 e. The first-order chi connectivity index (χ1) is 9.24. The molecule has 2 bridgehead atoms. The van der Waals surface area contributed by atoms with Crippen LogP contribution in [0, 0.1) is 17.8 Å². The molecule has 2 nitrogen and oxygen atoms in total. The number of rotatable bonds is 5. The maximum atomic E-state index is 5.92. The fraction of sp³-hybridized carbons (Fsp3) is 0.625. The van der Waals surface area contributed by atoms with Gasteiger partial charge in [0.2, 0.25) is 0 Å². The van der Waals surface area contributed by atoms with Gasteiger partial charge in [0.1, 0.15) is 0 Å². The van der Waals surface area contributed by atoms with Gasteiger partial charge in [-0.1, -0.05) is 30.2 Å². The molecule has 0 saturated heterocycles. The van der Waals surface area contributed by atoms with Crippen molar-refractivity contribution in [2.24, 2.45) is 23.6 Å². The van der Waals surface area contributed by atoms with E-state index in [0.29, 0.717) is 6.04 Å². The molecule has 4 unspecified atom stereocenters. The topological polar surface area (TPSA) is 38.0 Å². The largest absolute Gasteiger partial charge is 0.271 e. The summed E-state index contributed by atoms with van der Waals surface area (Å²) in [5.74, 6) is 8.64. The van der Waals surface area contributed by atoms with Gasteiger partial charge in [-0.15, -0.1) is 0 Å². The summed E-state index contributed by atoms with van der Waals surface area (Å²) in [6.45, 7) is 0. The van der Waals surface area contributed by atoms with E-state index in [0.717, 1.165) is 29.2 Å². The molecular weight excluding hydrogens is 256 g/mol. The van der Waals surface area contributed by atoms with Crippen molar-refractivity contribution in [3.05, 3.63) is 34.9 Å². The van der Waals surface area contributed by atoms with Gasteiger partial charge in [-0.3, -0.25) is 11.3 Å². The molecule has 0 amide bonds. The first kappa shape index (κ1) is 13.4. The molecule has 2 fully saturated rings. The van der Waals surface area contributed by atoms with E-state index < -0.39 is 0 Å². The Balaban J connectivity index is 1.57. The standard InChI is InChI=1S/C16H23ClN2/c17-15-5-2-11(3-6-15)9-16(19-18)10-14-8-12-1-4-13(14)7-12/h2-3,5-6,12-14,16,19H,1,4,7-10,18H2. The van der Waals surface area contributed by atoms with E-state index in [2.05, 4.69) is 17.6 Å². The zero-order chi connectivity index (χ0) is 13.2. The molecule has 19 heavy (non-hydrogen) atoms. The Labute approximate surface area is 120 Å². The summed E-state index contributed by atoms with van der Waals surface area (Å²) in [5, 5.41) is 0.800. The minimum Gasteiger partial charge on any atom is -0.271 e. The van der Waals surface area contributed by atoms with Gasteiger partial charge in [-0.05, 0) is 67.6 Å². The van der Waals surface area contributed by atoms with E-state index in [1.165, 1.54) is 37.7 Å². The van der Waals surface area contributed by atoms with E-state index in [-0.39, 0.29) is 0 Å². The highest BCUT2D eigenvalue weighted by molar-refractivity contribution is 6.30. The second kappa shape index (κ2) is 5.82. The van der Waals surface area contributed by atoms with Crippen molar-refractivity contribution in [3.63, 3.8) is 0 Å². The van der Waals surface area contributed by atoms with Crippen molar-refractivity contribution < 1.29 is 0 Å². The molecule has 0 heterocycles. The van der Waals surface area contributed by atoms with Gasteiger partial charge in [0, 0.05) is 11.1 Å². The molecule has 3 rings (SSSR count). The van der Waals surface area contributed by atoms with Gasteiger partial charge < -0.3 is 0 Å². The Kier molecular flexibility index (Phi) is 4.11. The van der Waals surface area contributed by atoms with Crippen LogP contribution in [-0.4, -0.2) is 6.04 Å². The van der Waals surface area contributed by atoms with Crippen LogP contribution in [0.25, 0.3) is 0 Å². The minimum absolute atomic E-state index is 0.394. The third-order valence-electron chi connectivity index (χ3n) is 5.10. The van der Waals surface area contributed by atoms with Gasteiger partial charge in [-0.2, -0.15) is 0 Å². The lowest BCUT2D eigenvalue weighted by molar-refractivity contribution is 0.277. The molecule has 3 heteroatoms. The molecule has 104 valence electrons. The zero-order valence-corrected chi connectivity index (χ0v) is 12.1. The maximum absolute atomic E-state index is 5.92. The van der Waals surface area contributed by atoms with Crippen LogP contribution < -0.4 is 11.3 Å². The first-order valence-electron chi connectivity index (χ1n) is 7.45. The molecule has 4 atom stereocenters. The van der Waals surface area contributed by atoms with Crippen molar-refractivity contribution in [2.75, 3.05) is 0 Å². The summed E-state index contributed by atoms with van der Waals surface area (Å²) in [5.41, 5.74) is 4.33. The van der Waals surface area contributed by atoms with Crippen molar-refractivity contribution in [2.45, 2.75) is 44.6 Å². The molecule has 0 spiro atoms. The van der Waals surface area contributed by atoms with E-state index in [1.807, 2.05) is 12.1 Å². The molecule has 3 N–H and O–H groups in total. The molecule has 0 aliphatic heterocycles. The maximum Gasteiger partial charge on any atom is 0.0406 e. The van der Waals surface area contributed by atoms with Crippen LogP contribution in [0.1, 0.15) is 37.7 Å². The second-order valence-corrected chi connectivity index (χ2v) is 6.80. The summed E-state index contributed by atoms with van der Waals surface area (Å²) in [7, 11) is 0. The number of hydrazine groups is 1. The molecular formula is C16H23ClN2. The van der Waals surface area contributed by atoms with Crippen LogP contribution in [0.5, 0.6) is 0 Å². The van der Waals surface area contributed by atoms with Crippen LogP contribution in [0.3, 0.4) is 0 Å². The Bertz CT molecular complexity index is 417. The van der Waals surface area contributed by atoms with Gasteiger partial charge in [0.15, 0.2) is 0 Å². The predicted octanol–water partition coefficient (Wildman–Crippen LogP) is 3.54. The molecule has 2 aliphatic rings. The number of nitrogens with one attached hydrogen (secondary N) is 1. The van der Waals surface area contributed by atoms with Crippen LogP contribution >= 0.6 is 11.6 Å². The average Bonchev–Trinajstić information content (AvgIpc) is 3.03. The zero-order valence-electron chi connectivity index (χ0n) is 11.3. The fourth-order valence-electron chi connectivity index (χ4n) is 4.15.